The summed E-state index contributed by atoms with van der Waals surface area (Å²) in [5, 5.41) is 2.52. The average Bonchev–Trinajstić information content (AvgIpc) is 2.84. The van der Waals surface area contributed by atoms with Crippen LogP contribution in [0.15, 0.2) is 71.1 Å². The summed E-state index contributed by atoms with van der Waals surface area (Å²) in [6.45, 7) is 8.13. The van der Waals surface area contributed by atoms with Gasteiger partial charge in [0.15, 0.2) is 18.2 Å². The molecule has 7 heteroatoms. The van der Waals surface area contributed by atoms with Crippen molar-refractivity contribution in [1.29, 1.82) is 0 Å². The molecule has 0 unspecified atom stereocenters. The standard InChI is InChI=1S/C32H35FN2O4/c1-31(2)14-23-29(25(36)16-31)28(30-24(35(23)5)15-32(3,4)17-26(30)37)19-9-8-10-20(13-19)39-18-27(38)34-22-12-7-6-11-21(22)33/h6-13,28H,14-18H2,1-5H3,(H,34,38). The van der Waals surface area contributed by atoms with E-state index in [4.69, 9.17) is 4.74 Å². The molecule has 204 valence electrons. The fourth-order valence-electron chi connectivity index (χ4n) is 6.18. The monoisotopic (exact) mass is 530 g/mol. The van der Waals surface area contributed by atoms with Crippen molar-refractivity contribution in [2.75, 3.05) is 19.0 Å². The predicted molar refractivity (Wildman–Crippen MR) is 148 cm³/mol. The number of nitrogens with zero attached hydrogens (tertiary/aromatic N) is 1. The van der Waals surface area contributed by atoms with Gasteiger partial charge in [0.2, 0.25) is 0 Å². The van der Waals surface area contributed by atoms with Crippen LogP contribution >= 0.6 is 0 Å². The van der Waals surface area contributed by atoms with Crippen molar-refractivity contribution in [3.8, 4) is 5.75 Å². The number of para-hydroxylation sites is 1. The minimum atomic E-state index is -0.524. The van der Waals surface area contributed by atoms with Crippen LogP contribution in [0, 0.1) is 16.6 Å². The maximum atomic E-state index is 13.9. The Morgan fingerprint density at radius 3 is 2.10 bits per heavy atom. The number of Topliss-reactive ketones (excluding diaryl/α,β-unsaturated/α-hetero) is 2. The van der Waals surface area contributed by atoms with Crippen LogP contribution in [0.2, 0.25) is 0 Å². The average molecular weight is 531 g/mol. The molecule has 0 fully saturated rings. The first-order valence-electron chi connectivity index (χ1n) is 13.4. The van der Waals surface area contributed by atoms with Gasteiger partial charge in [-0.1, -0.05) is 52.0 Å². The normalized spacial score (nSPS) is 20.5. The number of hydrogen-bond donors (Lipinski definition) is 1. The number of amides is 1. The zero-order valence-electron chi connectivity index (χ0n) is 23.2. The number of carbonyl (C=O) groups excluding carboxylic acids is 3. The van der Waals surface area contributed by atoms with Crippen molar-refractivity contribution in [2.24, 2.45) is 10.8 Å². The van der Waals surface area contributed by atoms with Crippen molar-refractivity contribution >= 4 is 23.2 Å². The molecule has 39 heavy (non-hydrogen) atoms. The van der Waals surface area contributed by atoms with E-state index in [1.54, 1.807) is 18.2 Å². The molecular weight excluding hydrogens is 495 g/mol. The predicted octanol–water partition coefficient (Wildman–Crippen LogP) is 6.16. The topological polar surface area (TPSA) is 75.7 Å². The lowest BCUT2D eigenvalue weighted by atomic mass is 9.64. The Kier molecular flexibility index (Phi) is 6.73. The molecule has 0 atom stereocenters. The van der Waals surface area contributed by atoms with E-state index in [0.717, 1.165) is 29.8 Å². The molecule has 0 radical (unpaired) electrons. The van der Waals surface area contributed by atoms with E-state index in [0.29, 0.717) is 29.7 Å². The molecule has 2 aromatic rings. The molecular formula is C32H35FN2O4. The Balaban J connectivity index is 1.49. The molecule has 3 aliphatic rings. The number of carbonyl (C=O) groups is 3. The Morgan fingerprint density at radius 1 is 0.923 bits per heavy atom. The summed E-state index contributed by atoms with van der Waals surface area (Å²) in [5.74, 6) is -0.922. The Bertz CT molecular complexity index is 1380. The molecule has 1 heterocycles. The summed E-state index contributed by atoms with van der Waals surface area (Å²) >= 11 is 0. The molecule has 0 bridgehead atoms. The molecule has 6 nitrogen and oxygen atoms in total. The minimum Gasteiger partial charge on any atom is -0.484 e. The molecule has 1 aliphatic heterocycles. The molecule has 0 saturated heterocycles. The van der Waals surface area contributed by atoms with E-state index in [2.05, 4.69) is 37.9 Å². The van der Waals surface area contributed by atoms with E-state index in [-0.39, 0.29) is 34.7 Å². The number of rotatable bonds is 5. The fraction of sp³-hybridized carbons (Fsp3) is 0.406. The summed E-state index contributed by atoms with van der Waals surface area (Å²) in [6, 6.07) is 13.2. The van der Waals surface area contributed by atoms with Crippen LogP contribution in [-0.4, -0.2) is 36.0 Å². The van der Waals surface area contributed by atoms with Gasteiger partial charge in [0, 0.05) is 48.3 Å². The summed E-state index contributed by atoms with van der Waals surface area (Å²) in [6.07, 6.45) is 2.34. The second-order valence-electron chi connectivity index (χ2n) is 12.5. The quantitative estimate of drug-likeness (QED) is 0.501. The maximum Gasteiger partial charge on any atom is 0.262 e. The van der Waals surface area contributed by atoms with Gasteiger partial charge in [0.1, 0.15) is 11.6 Å². The Hall–Kier alpha value is -3.74. The van der Waals surface area contributed by atoms with Crippen molar-refractivity contribution in [3.05, 3.63) is 82.5 Å². The number of hydrogen-bond acceptors (Lipinski definition) is 5. The first-order chi connectivity index (χ1) is 18.3. The van der Waals surface area contributed by atoms with Gasteiger partial charge in [-0.2, -0.15) is 0 Å². The lowest BCUT2D eigenvalue weighted by molar-refractivity contribution is -0.120. The number of ketones is 2. The van der Waals surface area contributed by atoms with Crippen LogP contribution in [0.3, 0.4) is 0 Å². The summed E-state index contributed by atoms with van der Waals surface area (Å²) in [4.78, 5) is 41.8. The van der Waals surface area contributed by atoms with Crippen LogP contribution in [-0.2, 0) is 14.4 Å². The minimum absolute atomic E-state index is 0.0675. The van der Waals surface area contributed by atoms with E-state index in [9.17, 15) is 18.8 Å². The number of halogens is 1. The largest absolute Gasteiger partial charge is 0.484 e. The van der Waals surface area contributed by atoms with Gasteiger partial charge in [-0.25, -0.2) is 4.39 Å². The van der Waals surface area contributed by atoms with Crippen molar-refractivity contribution in [2.45, 2.75) is 59.3 Å². The first kappa shape index (κ1) is 26.9. The first-order valence-corrected chi connectivity index (χ1v) is 13.4. The van der Waals surface area contributed by atoms with Gasteiger partial charge < -0.3 is 15.0 Å². The van der Waals surface area contributed by atoms with Crippen LogP contribution < -0.4 is 10.1 Å². The summed E-state index contributed by atoms with van der Waals surface area (Å²) < 4.78 is 19.7. The third kappa shape index (κ3) is 5.27. The van der Waals surface area contributed by atoms with Gasteiger partial charge in [0.25, 0.3) is 5.91 Å². The highest BCUT2D eigenvalue weighted by Crippen LogP contribution is 2.54. The van der Waals surface area contributed by atoms with Crippen LogP contribution in [0.4, 0.5) is 10.1 Å². The second-order valence-corrected chi connectivity index (χ2v) is 12.5. The number of anilines is 1. The fourth-order valence-corrected chi connectivity index (χ4v) is 6.18. The number of allylic oxidation sites excluding steroid dienone is 4. The molecule has 1 amide bonds. The van der Waals surface area contributed by atoms with E-state index in [1.807, 2.05) is 25.2 Å². The molecule has 2 aliphatic carbocycles. The third-order valence-electron chi connectivity index (χ3n) is 7.89. The second kappa shape index (κ2) is 9.78. The lowest BCUT2D eigenvalue weighted by Crippen LogP contribution is -2.43. The van der Waals surface area contributed by atoms with Crippen LogP contribution in [0.25, 0.3) is 0 Å². The Morgan fingerprint density at radius 2 is 1.51 bits per heavy atom. The van der Waals surface area contributed by atoms with Crippen molar-refractivity contribution < 1.29 is 23.5 Å². The number of benzene rings is 2. The van der Waals surface area contributed by atoms with Gasteiger partial charge in [-0.15, -0.1) is 0 Å². The Labute approximate surface area is 228 Å². The van der Waals surface area contributed by atoms with E-state index >= 15 is 0 Å². The van der Waals surface area contributed by atoms with Crippen molar-refractivity contribution in [3.63, 3.8) is 0 Å². The van der Waals surface area contributed by atoms with Gasteiger partial charge >= 0.3 is 0 Å². The smallest absolute Gasteiger partial charge is 0.262 e. The molecule has 2 aromatic carbocycles. The third-order valence-corrected chi connectivity index (χ3v) is 7.89. The molecule has 0 spiro atoms. The summed E-state index contributed by atoms with van der Waals surface area (Å²) in [7, 11) is 1.98. The van der Waals surface area contributed by atoms with Crippen molar-refractivity contribution in [1.82, 2.24) is 4.90 Å². The molecule has 0 saturated carbocycles. The lowest BCUT2D eigenvalue weighted by Gasteiger charge is -2.47. The van der Waals surface area contributed by atoms with E-state index < -0.39 is 17.6 Å². The van der Waals surface area contributed by atoms with Crippen LogP contribution in [0.5, 0.6) is 5.75 Å². The van der Waals surface area contributed by atoms with Gasteiger partial charge in [0.05, 0.1) is 5.69 Å². The zero-order valence-corrected chi connectivity index (χ0v) is 23.2. The van der Waals surface area contributed by atoms with E-state index in [1.165, 1.54) is 12.1 Å². The molecule has 0 aromatic heterocycles. The molecule has 1 N–H and O–H groups in total. The number of nitrogens with one attached hydrogen (secondary N) is 1. The highest BCUT2D eigenvalue weighted by Gasteiger charge is 2.48. The highest BCUT2D eigenvalue weighted by molar-refractivity contribution is 6.06. The highest BCUT2D eigenvalue weighted by atomic mass is 19.1. The zero-order chi connectivity index (χ0) is 28.1. The SMILES string of the molecule is CN1C2=C(C(=O)CC(C)(C)C2)C(c2cccc(OCC(=O)Nc3ccccc3F)c2)C2=C1CC(C)(C)CC2=O. The van der Waals surface area contributed by atoms with Gasteiger partial charge in [-0.3, -0.25) is 14.4 Å². The number of ether oxygens (including phenoxy) is 1. The molecule has 5 rings (SSSR count). The van der Waals surface area contributed by atoms with Gasteiger partial charge in [-0.05, 0) is 53.5 Å². The summed E-state index contributed by atoms with van der Waals surface area (Å²) in [5.41, 5.74) is 3.90. The maximum absolute atomic E-state index is 13.9. The van der Waals surface area contributed by atoms with Crippen LogP contribution in [0.1, 0.15) is 64.9 Å².